The number of halogens is 2. The van der Waals surface area contributed by atoms with Gasteiger partial charge in [0, 0.05) is 18.2 Å². The highest BCUT2D eigenvalue weighted by molar-refractivity contribution is 5.85. The normalized spacial score (nSPS) is 20.7. The standard InChI is InChI=1S/C18H19F2N5O/c19-15-4-2-1-3-13(15)16(20)9-26-8-11-5-12(6-11)24-17-14-7-23-25-18(14)22-10-21-17/h1-4,7,10-12,16H,5-6,8-9H2,(H2,21,22,23,24,25)/t11-,12+,16-/m1/s1. The number of hydrogen-bond acceptors (Lipinski definition) is 5. The van der Waals surface area contributed by atoms with Crippen molar-refractivity contribution < 1.29 is 13.5 Å². The number of aromatic nitrogens is 4. The zero-order chi connectivity index (χ0) is 17.9. The molecule has 1 aliphatic rings. The van der Waals surface area contributed by atoms with Crippen LogP contribution in [0.2, 0.25) is 0 Å². The predicted molar refractivity (Wildman–Crippen MR) is 92.9 cm³/mol. The fourth-order valence-electron chi connectivity index (χ4n) is 3.22. The largest absolute Gasteiger partial charge is 0.378 e. The van der Waals surface area contributed by atoms with Crippen molar-refractivity contribution in [3.05, 3.63) is 48.2 Å². The van der Waals surface area contributed by atoms with Crippen LogP contribution in [0.5, 0.6) is 0 Å². The lowest BCUT2D eigenvalue weighted by Gasteiger charge is -2.36. The second-order valence-electron chi connectivity index (χ2n) is 6.56. The summed E-state index contributed by atoms with van der Waals surface area (Å²) in [4.78, 5) is 8.36. The Kier molecular flexibility index (Phi) is 4.75. The quantitative estimate of drug-likeness (QED) is 0.676. The molecule has 3 aromatic rings. The van der Waals surface area contributed by atoms with Gasteiger partial charge in [-0.1, -0.05) is 18.2 Å². The summed E-state index contributed by atoms with van der Waals surface area (Å²) in [6.07, 6.45) is 3.58. The first-order valence-electron chi connectivity index (χ1n) is 8.57. The summed E-state index contributed by atoms with van der Waals surface area (Å²) in [6.45, 7) is 0.342. The molecule has 0 radical (unpaired) electrons. The summed E-state index contributed by atoms with van der Waals surface area (Å²) >= 11 is 0. The van der Waals surface area contributed by atoms with Gasteiger partial charge in [-0.2, -0.15) is 5.10 Å². The molecule has 0 spiro atoms. The molecule has 1 aliphatic carbocycles. The van der Waals surface area contributed by atoms with Gasteiger partial charge >= 0.3 is 0 Å². The number of rotatable bonds is 7. The average Bonchev–Trinajstić information content (AvgIpc) is 3.09. The van der Waals surface area contributed by atoms with Gasteiger partial charge in [0.05, 0.1) is 18.2 Å². The first-order valence-corrected chi connectivity index (χ1v) is 8.57. The molecule has 26 heavy (non-hydrogen) atoms. The minimum atomic E-state index is -1.44. The average molecular weight is 359 g/mol. The van der Waals surface area contributed by atoms with E-state index >= 15 is 0 Å². The second kappa shape index (κ2) is 7.33. The van der Waals surface area contributed by atoms with Crippen molar-refractivity contribution in [2.75, 3.05) is 18.5 Å². The maximum absolute atomic E-state index is 14.0. The molecule has 0 saturated heterocycles. The van der Waals surface area contributed by atoms with Crippen LogP contribution in [0.25, 0.3) is 11.0 Å². The third kappa shape index (κ3) is 3.50. The van der Waals surface area contributed by atoms with Crippen molar-refractivity contribution in [3.8, 4) is 0 Å². The van der Waals surface area contributed by atoms with E-state index in [-0.39, 0.29) is 12.2 Å². The molecule has 1 saturated carbocycles. The number of H-pyrrole nitrogens is 1. The van der Waals surface area contributed by atoms with Crippen LogP contribution in [0.3, 0.4) is 0 Å². The highest BCUT2D eigenvalue weighted by atomic mass is 19.1. The zero-order valence-corrected chi connectivity index (χ0v) is 14.0. The van der Waals surface area contributed by atoms with Gasteiger partial charge in [0.25, 0.3) is 0 Å². The second-order valence-corrected chi connectivity index (χ2v) is 6.56. The van der Waals surface area contributed by atoms with Crippen LogP contribution >= 0.6 is 0 Å². The first kappa shape index (κ1) is 16.8. The van der Waals surface area contributed by atoms with Gasteiger partial charge in [0.15, 0.2) is 11.8 Å². The molecular formula is C18H19F2N5O. The Morgan fingerprint density at radius 2 is 2.12 bits per heavy atom. The van der Waals surface area contributed by atoms with Gasteiger partial charge in [-0.3, -0.25) is 5.10 Å². The topological polar surface area (TPSA) is 75.7 Å². The number of nitrogens with zero attached hydrogens (tertiary/aromatic N) is 3. The van der Waals surface area contributed by atoms with E-state index in [9.17, 15) is 8.78 Å². The minimum absolute atomic E-state index is 0.0496. The highest BCUT2D eigenvalue weighted by Gasteiger charge is 2.30. The summed E-state index contributed by atoms with van der Waals surface area (Å²) in [7, 11) is 0. The summed E-state index contributed by atoms with van der Waals surface area (Å²) < 4.78 is 33.0. The zero-order valence-electron chi connectivity index (χ0n) is 14.0. The monoisotopic (exact) mass is 359 g/mol. The van der Waals surface area contributed by atoms with E-state index in [0.29, 0.717) is 24.2 Å². The lowest BCUT2D eigenvalue weighted by atomic mass is 9.81. The molecule has 0 bridgehead atoms. The van der Waals surface area contributed by atoms with E-state index in [1.54, 1.807) is 18.3 Å². The lowest BCUT2D eigenvalue weighted by Crippen LogP contribution is -2.38. The van der Waals surface area contributed by atoms with Crippen LogP contribution in [-0.4, -0.2) is 39.4 Å². The predicted octanol–water partition coefficient (Wildman–Crippen LogP) is 3.41. The molecule has 2 aromatic heterocycles. The van der Waals surface area contributed by atoms with E-state index < -0.39 is 12.0 Å². The van der Waals surface area contributed by atoms with Crippen LogP contribution in [0.15, 0.2) is 36.8 Å². The first-order chi connectivity index (χ1) is 12.7. The number of fused-ring (bicyclic) bond motifs is 1. The van der Waals surface area contributed by atoms with Crippen LogP contribution in [0.1, 0.15) is 24.6 Å². The minimum Gasteiger partial charge on any atom is -0.378 e. The van der Waals surface area contributed by atoms with Crippen molar-refractivity contribution in [2.24, 2.45) is 5.92 Å². The molecular weight excluding hydrogens is 340 g/mol. The number of alkyl halides is 1. The molecule has 0 unspecified atom stereocenters. The summed E-state index contributed by atoms with van der Waals surface area (Å²) in [6, 6.07) is 6.17. The number of benzene rings is 1. The van der Waals surface area contributed by atoms with Crippen LogP contribution < -0.4 is 5.32 Å². The third-order valence-corrected chi connectivity index (χ3v) is 4.68. The number of ether oxygens (including phenoxy) is 1. The van der Waals surface area contributed by atoms with Gasteiger partial charge in [0.1, 0.15) is 18.0 Å². The van der Waals surface area contributed by atoms with Crippen molar-refractivity contribution in [1.82, 2.24) is 20.2 Å². The molecule has 1 fully saturated rings. The number of aromatic amines is 1. The van der Waals surface area contributed by atoms with Crippen LogP contribution in [0.4, 0.5) is 14.6 Å². The Morgan fingerprint density at radius 3 is 2.96 bits per heavy atom. The van der Waals surface area contributed by atoms with Crippen molar-refractivity contribution in [1.29, 1.82) is 0 Å². The highest BCUT2D eigenvalue weighted by Crippen LogP contribution is 2.32. The molecule has 1 aromatic carbocycles. The Balaban J connectivity index is 1.21. The Morgan fingerprint density at radius 1 is 1.27 bits per heavy atom. The SMILES string of the molecule is Fc1ccccc1[C@H](F)COC[C@H]1C[C@@H](Nc2ncnc3[nH]ncc23)C1. The number of nitrogens with one attached hydrogen (secondary N) is 2. The van der Waals surface area contributed by atoms with Crippen LogP contribution in [0, 0.1) is 11.7 Å². The Labute approximate surface area is 149 Å². The van der Waals surface area contributed by atoms with Crippen molar-refractivity contribution >= 4 is 16.9 Å². The van der Waals surface area contributed by atoms with Crippen LogP contribution in [-0.2, 0) is 4.74 Å². The van der Waals surface area contributed by atoms with E-state index in [2.05, 4.69) is 25.5 Å². The van der Waals surface area contributed by atoms with Crippen molar-refractivity contribution in [3.63, 3.8) is 0 Å². The van der Waals surface area contributed by atoms with Crippen molar-refractivity contribution in [2.45, 2.75) is 25.1 Å². The lowest BCUT2D eigenvalue weighted by molar-refractivity contribution is 0.0327. The van der Waals surface area contributed by atoms with E-state index in [0.717, 1.165) is 24.0 Å². The molecule has 8 heteroatoms. The molecule has 136 valence electrons. The van der Waals surface area contributed by atoms with Gasteiger partial charge < -0.3 is 10.1 Å². The molecule has 0 amide bonds. The third-order valence-electron chi connectivity index (χ3n) is 4.68. The Hall–Kier alpha value is -2.61. The van der Waals surface area contributed by atoms with Gasteiger partial charge in [-0.25, -0.2) is 18.7 Å². The number of anilines is 1. The number of hydrogen-bond donors (Lipinski definition) is 2. The van der Waals surface area contributed by atoms with Gasteiger partial charge in [0.2, 0.25) is 0 Å². The molecule has 4 rings (SSSR count). The molecule has 2 N–H and O–H groups in total. The van der Waals surface area contributed by atoms with E-state index in [1.165, 1.54) is 18.5 Å². The fraction of sp³-hybridized carbons (Fsp3) is 0.389. The Bertz CT molecular complexity index is 881. The van der Waals surface area contributed by atoms with Gasteiger partial charge in [-0.15, -0.1) is 0 Å². The molecule has 0 aliphatic heterocycles. The van der Waals surface area contributed by atoms with E-state index in [4.69, 9.17) is 4.74 Å². The fourth-order valence-corrected chi connectivity index (χ4v) is 3.22. The summed E-state index contributed by atoms with van der Waals surface area (Å²) in [5.41, 5.74) is 0.748. The maximum Gasteiger partial charge on any atom is 0.160 e. The molecule has 1 atom stereocenters. The van der Waals surface area contributed by atoms with E-state index in [1.807, 2.05) is 0 Å². The maximum atomic E-state index is 14.0. The summed E-state index contributed by atoms with van der Waals surface area (Å²) in [5, 5.41) is 11.0. The summed E-state index contributed by atoms with van der Waals surface area (Å²) in [5.74, 6) is 0.588. The molecule has 2 heterocycles. The van der Waals surface area contributed by atoms with Gasteiger partial charge in [-0.05, 0) is 24.8 Å². The molecule has 6 nitrogen and oxygen atoms in total. The smallest absolute Gasteiger partial charge is 0.160 e.